The third-order valence-electron chi connectivity index (χ3n) is 8.43. The number of pyridine rings is 1. The van der Waals surface area contributed by atoms with Crippen molar-refractivity contribution in [2.24, 2.45) is 23.3 Å². The Balaban J connectivity index is 0.000000208. The van der Waals surface area contributed by atoms with E-state index in [-0.39, 0.29) is 36.0 Å². The molecule has 0 fully saturated rings. The fraction of sp³-hybridized carbons (Fsp3) is 0.395. The van der Waals surface area contributed by atoms with E-state index >= 15 is 0 Å². The highest BCUT2D eigenvalue weighted by molar-refractivity contribution is 5.64. The van der Waals surface area contributed by atoms with Crippen LogP contribution < -0.4 is 20.9 Å². The average molecular weight is 754 g/mol. The Kier molecular flexibility index (Phi) is 11.9. The summed E-state index contributed by atoms with van der Waals surface area (Å²) in [5.41, 5.74) is 12.3. The van der Waals surface area contributed by atoms with Crippen LogP contribution in [0, 0.1) is 30.4 Å². The van der Waals surface area contributed by atoms with Gasteiger partial charge in [-0.3, -0.25) is 0 Å². The first kappa shape index (κ1) is 40.0. The normalized spacial score (nSPS) is 14.2. The van der Waals surface area contributed by atoms with E-state index in [1.807, 2.05) is 20.8 Å². The largest absolute Gasteiger partial charge is 0.489 e. The third-order valence-corrected chi connectivity index (χ3v) is 8.43. The Hall–Kier alpha value is -5.22. The maximum absolute atomic E-state index is 14.6. The second-order valence-electron chi connectivity index (χ2n) is 14.5. The van der Waals surface area contributed by atoms with E-state index in [9.17, 15) is 22.0 Å². The van der Waals surface area contributed by atoms with E-state index in [0.29, 0.717) is 46.4 Å². The number of rotatable bonds is 12. The molecule has 1 unspecified atom stereocenters. The van der Waals surface area contributed by atoms with Gasteiger partial charge >= 0.3 is 6.18 Å². The fourth-order valence-corrected chi connectivity index (χ4v) is 6.17. The van der Waals surface area contributed by atoms with Crippen LogP contribution in [-0.2, 0) is 0 Å². The van der Waals surface area contributed by atoms with E-state index < -0.39 is 35.5 Å². The van der Waals surface area contributed by atoms with E-state index in [2.05, 4.69) is 25.1 Å². The van der Waals surface area contributed by atoms with Gasteiger partial charge < -0.3 is 20.9 Å². The molecule has 4 N–H and O–H groups in total. The molecule has 0 aliphatic heterocycles. The molecule has 288 valence electrons. The van der Waals surface area contributed by atoms with Crippen LogP contribution in [-0.4, -0.2) is 64.6 Å². The van der Waals surface area contributed by atoms with Gasteiger partial charge in [0, 0.05) is 41.7 Å². The Morgan fingerprint density at radius 3 is 1.85 bits per heavy atom. The van der Waals surface area contributed by atoms with Crippen molar-refractivity contribution in [3.05, 3.63) is 90.6 Å². The minimum Gasteiger partial charge on any atom is -0.489 e. The molecule has 6 aromatic rings. The lowest BCUT2D eigenvalue weighted by atomic mass is 9.90. The second-order valence-corrected chi connectivity index (χ2v) is 14.5. The molecule has 6 rings (SSSR count). The molecule has 0 aliphatic carbocycles. The summed E-state index contributed by atoms with van der Waals surface area (Å²) in [5.74, 6) is -0.999. The van der Waals surface area contributed by atoms with Gasteiger partial charge in [0.1, 0.15) is 30.3 Å². The van der Waals surface area contributed by atoms with Gasteiger partial charge in [-0.05, 0) is 68.9 Å². The first-order valence-electron chi connectivity index (χ1n) is 17.3. The molecule has 0 bridgehead atoms. The zero-order chi connectivity index (χ0) is 39.4. The summed E-state index contributed by atoms with van der Waals surface area (Å²) in [6, 6.07) is 12.2. The van der Waals surface area contributed by atoms with Gasteiger partial charge in [0.15, 0.2) is 22.9 Å². The Morgan fingerprint density at radius 1 is 0.704 bits per heavy atom. The number of alkyl halides is 3. The molecule has 0 spiro atoms. The van der Waals surface area contributed by atoms with Crippen LogP contribution in [0.5, 0.6) is 11.5 Å². The van der Waals surface area contributed by atoms with Crippen LogP contribution in [0.1, 0.15) is 53.2 Å². The zero-order valence-corrected chi connectivity index (χ0v) is 30.9. The molecule has 16 heteroatoms. The summed E-state index contributed by atoms with van der Waals surface area (Å²) in [4.78, 5) is 12.8. The number of nitrogens with two attached hydrogens (primary N) is 2. The molecule has 5 aromatic heterocycles. The van der Waals surface area contributed by atoms with Gasteiger partial charge in [-0.15, -0.1) is 0 Å². The maximum Gasteiger partial charge on any atom is 0.409 e. The minimum atomic E-state index is -4.57. The fourth-order valence-electron chi connectivity index (χ4n) is 6.17. The summed E-state index contributed by atoms with van der Waals surface area (Å²) >= 11 is 0. The molecule has 0 saturated heterocycles. The smallest absolute Gasteiger partial charge is 0.409 e. The topological polar surface area (TPSA) is 144 Å². The molecular formula is C38H44F5N9O2. The van der Waals surface area contributed by atoms with Crippen LogP contribution in [0.25, 0.3) is 33.9 Å². The van der Waals surface area contributed by atoms with E-state index in [4.69, 9.17) is 20.9 Å². The van der Waals surface area contributed by atoms with Crippen molar-refractivity contribution in [2.75, 3.05) is 13.2 Å². The maximum atomic E-state index is 14.6. The average Bonchev–Trinajstić information content (AvgIpc) is 3.77. The quantitative estimate of drug-likeness (QED) is 0.121. The molecule has 54 heavy (non-hydrogen) atoms. The molecule has 0 radical (unpaired) electrons. The molecule has 2 atom stereocenters. The molecule has 0 amide bonds. The second kappa shape index (κ2) is 16.0. The number of hydrogen-bond donors (Lipinski definition) is 2. The van der Waals surface area contributed by atoms with Crippen LogP contribution in [0.4, 0.5) is 22.0 Å². The summed E-state index contributed by atoms with van der Waals surface area (Å²) in [6.07, 6.45) is 2.27. The lowest BCUT2D eigenvalue weighted by Crippen LogP contribution is -2.58. The third kappa shape index (κ3) is 9.28. The molecule has 1 aromatic carbocycles. The van der Waals surface area contributed by atoms with Gasteiger partial charge in [-0.1, -0.05) is 27.7 Å². The van der Waals surface area contributed by atoms with Crippen molar-refractivity contribution in [3.63, 3.8) is 0 Å². The summed E-state index contributed by atoms with van der Waals surface area (Å²) < 4.78 is 83.5. The number of fused-ring (bicyclic) bond motifs is 2. The predicted octanol–water partition coefficient (Wildman–Crippen LogP) is 7.60. The van der Waals surface area contributed by atoms with E-state index in [1.165, 1.54) is 10.7 Å². The Bertz CT molecular complexity index is 2200. The number of ether oxygens (including phenoxy) is 2. The van der Waals surface area contributed by atoms with Gasteiger partial charge in [-0.2, -0.15) is 23.4 Å². The Labute approximate surface area is 309 Å². The lowest BCUT2D eigenvalue weighted by Gasteiger charge is -2.33. The minimum absolute atomic E-state index is 0.0867. The number of aryl methyl sites for hydroxylation is 1. The lowest BCUT2D eigenvalue weighted by molar-refractivity contribution is -0.197. The number of halogens is 5. The van der Waals surface area contributed by atoms with Gasteiger partial charge in [-0.25, -0.2) is 32.8 Å². The van der Waals surface area contributed by atoms with Crippen molar-refractivity contribution in [1.82, 2.24) is 34.2 Å². The van der Waals surface area contributed by atoms with Crippen LogP contribution in [0.3, 0.4) is 0 Å². The van der Waals surface area contributed by atoms with Gasteiger partial charge in [0.2, 0.25) is 0 Å². The summed E-state index contributed by atoms with van der Waals surface area (Å²) in [7, 11) is 0. The van der Waals surface area contributed by atoms with Crippen molar-refractivity contribution in [3.8, 4) is 34.1 Å². The zero-order valence-electron chi connectivity index (χ0n) is 30.9. The number of aromatic nitrogens is 7. The van der Waals surface area contributed by atoms with E-state index in [0.717, 1.165) is 12.1 Å². The summed E-state index contributed by atoms with van der Waals surface area (Å²) in [6.45, 7) is 10.4. The first-order valence-corrected chi connectivity index (χ1v) is 17.3. The van der Waals surface area contributed by atoms with E-state index in [1.54, 1.807) is 80.3 Å². The number of nitrogens with zero attached hydrogens (tertiary/aromatic N) is 7. The number of hydrogen-bond acceptors (Lipinski definition) is 9. The molecule has 5 heterocycles. The standard InChI is InChI=1S/C19H22F3N5O.C19H22F2N4O/c1-12(2)10-18(23,19(20,21)22)11-28-16-5-4-14(26-13(16)3)15-6-8-24-17-7-9-25-27(15)17;1-12(2)10-19(3,22)11-26-17-9-14(20)13(8-15(17)21)16-4-6-23-18-5-7-24-25(16)18/h4-9,12H,10-11,23H2,1-3H3;4-9,12H,10-11,22H2,1-3H3/t;19-/m.0/s1. The highest BCUT2D eigenvalue weighted by Gasteiger charge is 2.52. The molecule has 11 nitrogen and oxygen atoms in total. The monoisotopic (exact) mass is 753 g/mol. The SMILES string of the molecule is CC(C)C[C@](C)(N)COc1cc(F)c(-c2ccnc3ccnn23)cc1F.Cc1nc(-c2ccnc3ccnn23)ccc1OCC(N)(CC(C)C)C(F)(F)F. The van der Waals surface area contributed by atoms with Crippen LogP contribution in [0.2, 0.25) is 0 Å². The molecular weight excluding hydrogens is 709 g/mol. The highest BCUT2D eigenvalue weighted by atomic mass is 19.4. The van der Waals surface area contributed by atoms with Crippen molar-refractivity contribution >= 4 is 11.3 Å². The summed E-state index contributed by atoms with van der Waals surface area (Å²) in [5, 5.41) is 8.31. The Morgan fingerprint density at radius 2 is 1.28 bits per heavy atom. The van der Waals surface area contributed by atoms with Crippen molar-refractivity contribution < 1.29 is 31.4 Å². The highest BCUT2D eigenvalue weighted by Crippen LogP contribution is 2.35. The van der Waals surface area contributed by atoms with Crippen LogP contribution >= 0.6 is 0 Å². The van der Waals surface area contributed by atoms with Crippen LogP contribution in [0.15, 0.2) is 73.3 Å². The molecule has 0 saturated carbocycles. The van der Waals surface area contributed by atoms with Gasteiger partial charge in [0.05, 0.1) is 35.2 Å². The van der Waals surface area contributed by atoms with Crippen molar-refractivity contribution in [2.45, 2.75) is 71.6 Å². The van der Waals surface area contributed by atoms with Gasteiger partial charge in [0.25, 0.3) is 0 Å². The first-order chi connectivity index (χ1) is 25.4. The van der Waals surface area contributed by atoms with Crippen molar-refractivity contribution in [1.29, 1.82) is 0 Å². The number of benzene rings is 1. The predicted molar refractivity (Wildman–Crippen MR) is 195 cm³/mol. The molecule has 0 aliphatic rings.